The van der Waals surface area contributed by atoms with Crippen LogP contribution in [0.4, 0.5) is 11.8 Å². The molecule has 3 aromatic carbocycles. The normalized spacial score (nSPS) is 10.8. The van der Waals surface area contributed by atoms with Crippen LogP contribution in [0.25, 0.3) is 11.1 Å². The third-order valence-corrected chi connectivity index (χ3v) is 5.74. The Bertz CT molecular complexity index is 1300. The highest BCUT2D eigenvalue weighted by atomic mass is 16.5. The van der Waals surface area contributed by atoms with Crippen LogP contribution in [-0.2, 0) is 13.0 Å². The van der Waals surface area contributed by atoms with E-state index in [1.165, 1.54) is 0 Å². The zero-order valence-corrected chi connectivity index (χ0v) is 21.0. The molecule has 0 atom stereocenters. The van der Waals surface area contributed by atoms with E-state index >= 15 is 0 Å². The minimum atomic E-state index is 0.156. The highest BCUT2D eigenvalue weighted by Gasteiger charge is 2.18. The van der Waals surface area contributed by atoms with E-state index in [0.717, 1.165) is 50.6 Å². The van der Waals surface area contributed by atoms with Gasteiger partial charge < -0.3 is 25.7 Å². The lowest BCUT2D eigenvalue weighted by Gasteiger charge is -2.19. The Morgan fingerprint density at radius 1 is 0.778 bits per heavy atom. The molecule has 4 rings (SSSR count). The van der Waals surface area contributed by atoms with Crippen LogP contribution in [0.15, 0.2) is 66.9 Å². The fraction of sp³-hybridized carbons (Fsp3) is 0.241. The number of nitrogens with two attached hydrogens (primary N) is 2. The molecule has 0 unspecified atom stereocenters. The Morgan fingerprint density at radius 2 is 1.47 bits per heavy atom. The molecule has 4 aromatic rings. The van der Waals surface area contributed by atoms with Crippen LogP contribution in [0.1, 0.15) is 36.1 Å². The van der Waals surface area contributed by atoms with E-state index in [4.69, 9.17) is 25.7 Å². The number of benzene rings is 3. The van der Waals surface area contributed by atoms with Crippen molar-refractivity contribution in [3.8, 4) is 28.4 Å². The molecule has 0 fully saturated rings. The first-order chi connectivity index (χ1) is 17.5. The summed E-state index contributed by atoms with van der Waals surface area (Å²) in [5.41, 5.74) is 17.5. The van der Waals surface area contributed by atoms with Crippen molar-refractivity contribution in [3.05, 3.63) is 89.1 Å². The second kappa shape index (κ2) is 11.4. The van der Waals surface area contributed by atoms with Gasteiger partial charge in [-0.15, -0.1) is 0 Å². The van der Waals surface area contributed by atoms with Crippen LogP contribution >= 0.6 is 0 Å². The molecule has 36 heavy (non-hydrogen) atoms. The second-order valence-electron chi connectivity index (χ2n) is 8.40. The standard InChI is InChI=1S/C29H32N4O3/c1-4-34-25-15-21(14-23-17-32-29(31)33-28(23)30)16-26(35-5-2)27(25)22-11-12-24(19(3)13-22)36-18-20-9-7-6-8-10-20/h6-13,15-17H,4-5,14,18H2,1-3H3,(H4,30,31,32,33). The summed E-state index contributed by atoms with van der Waals surface area (Å²) in [6.07, 6.45) is 2.18. The quantitative estimate of drug-likeness (QED) is 0.302. The molecule has 1 aromatic heterocycles. The molecule has 0 spiro atoms. The van der Waals surface area contributed by atoms with Crippen LogP contribution in [0.5, 0.6) is 17.2 Å². The predicted molar refractivity (Wildman–Crippen MR) is 143 cm³/mol. The van der Waals surface area contributed by atoms with E-state index < -0.39 is 0 Å². The van der Waals surface area contributed by atoms with Crippen molar-refractivity contribution < 1.29 is 14.2 Å². The van der Waals surface area contributed by atoms with Gasteiger partial charge in [0.2, 0.25) is 5.95 Å². The van der Waals surface area contributed by atoms with E-state index in [1.807, 2.05) is 63.2 Å². The number of aromatic nitrogens is 2. The minimum Gasteiger partial charge on any atom is -0.493 e. The molecule has 0 amide bonds. The third-order valence-electron chi connectivity index (χ3n) is 5.74. The van der Waals surface area contributed by atoms with Gasteiger partial charge in [0, 0.05) is 18.2 Å². The van der Waals surface area contributed by atoms with Gasteiger partial charge in [-0.25, -0.2) is 4.98 Å². The molecule has 0 aliphatic carbocycles. The third kappa shape index (κ3) is 5.86. The van der Waals surface area contributed by atoms with Gasteiger partial charge >= 0.3 is 0 Å². The van der Waals surface area contributed by atoms with Crippen molar-refractivity contribution in [1.82, 2.24) is 9.97 Å². The van der Waals surface area contributed by atoms with Gasteiger partial charge in [-0.3, -0.25) is 0 Å². The number of anilines is 2. The number of rotatable bonds is 10. The van der Waals surface area contributed by atoms with Gasteiger partial charge in [0.15, 0.2) is 0 Å². The number of nitrogens with zero attached hydrogens (tertiary/aromatic N) is 2. The average Bonchev–Trinajstić information content (AvgIpc) is 2.86. The Morgan fingerprint density at radius 3 is 2.08 bits per heavy atom. The molecular formula is C29H32N4O3. The molecule has 0 radical (unpaired) electrons. The van der Waals surface area contributed by atoms with Crippen LogP contribution in [0.2, 0.25) is 0 Å². The topological polar surface area (TPSA) is 106 Å². The van der Waals surface area contributed by atoms with Crippen LogP contribution in [-0.4, -0.2) is 23.2 Å². The molecule has 0 bridgehead atoms. The summed E-state index contributed by atoms with van der Waals surface area (Å²) in [7, 11) is 0. The van der Waals surface area contributed by atoms with Gasteiger partial charge in [0.05, 0.1) is 18.8 Å². The maximum atomic E-state index is 6.09. The summed E-state index contributed by atoms with van der Waals surface area (Å²) in [6.45, 7) is 7.53. The Labute approximate surface area is 212 Å². The molecule has 0 saturated carbocycles. The predicted octanol–water partition coefficient (Wildman–Crippen LogP) is 5.58. The van der Waals surface area contributed by atoms with Crippen LogP contribution in [0.3, 0.4) is 0 Å². The van der Waals surface area contributed by atoms with Gasteiger partial charge in [0.1, 0.15) is 29.7 Å². The monoisotopic (exact) mass is 484 g/mol. The summed E-state index contributed by atoms with van der Waals surface area (Å²) in [5, 5.41) is 0. The van der Waals surface area contributed by atoms with Gasteiger partial charge in [-0.2, -0.15) is 4.98 Å². The fourth-order valence-electron chi connectivity index (χ4n) is 4.06. The highest BCUT2D eigenvalue weighted by molar-refractivity contribution is 5.78. The maximum Gasteiger partial charge on any atom is 0.221 e. The molecule has 7 nitrogen and oxygen atoms in total. The van der Waals surface area contributed by atoms with Crippen LogP contribution < -0.4 is 25.7 Å². The molecule has 1 heterocycles. The lowest BCUT2D eigenvalue weighted by molar-refractivity contribution is 0.304. The highest BCUT2D eigenvalue weighted by Crippen LogP contribution is 2.42. The van der Waals surface area contributed by atoms with Crippen molar-refractivity contribution in [2.24, 2.45) is 0 Å². The van der Waals surface area contributed by atoms with Crippen molar-refractivity contribution in [1.29, 1.82) is 0 Å². The second-order valence-corrected chi connectivity index (χ2v) is 8.40. The zero-order chi connectivity index (χ0) is 25.5. The molecule has 0 aliphatic rings. The Kier molecular flexibility index (Phi) is 7.90. The van der Waals surface area contributed by atoms with Gasteiger partial charge in [0.25, 0.3) is 0 Å². The molecule has 186 valence electrons. The Balaban J connectivity index is 1.68. The van der Waals surface area contributed by atoms with E-state index in [0.29, 0.717) is 32.1 Å². The number of hydrogen-bond acceptors (Lipinski definition) is 7. The summed E-state index contributed by atoms with van der Waals surface area (Å²) >= 11 is 0. The minimum absolute atomic E-state index is 0.156. The smallest absolute Gasteiger partial charge is 0.221 e. The molecule has 4 N–H and O–H groups in total. The van der Waals surface area contributed by atoms with E-state index in [1.54, 1.807) is 6.20 Å². The molecule has 0 aliphatic heterocycles. The summed E-state index contributed by atoms with van der Waals surface area (Å²) in [4.78, 5) is 8.16. The average molecular weight is 485 g/mol. The summed E-state index contributed by atoms with van der Waals surface area (Å²) < 4.78 is 18.3. The van der Waals surface area contributed by atoms with Gasteiger partial charge in [-0.1, -0.05) is 36.4 Å². The van der Waals surface area contributed by atoms with E-state index in [9.17, 15) is 0 Å². The number of nitrogen functional groups attached to an aromatic ring is 2. The lowest BCUT2D eigenvalue weighted by Crippen LogP contribution is -2.05. The first-order valence-electron chi connectivity index (χ1n) is 12.1. The zero-order valence-electron chi connectivity index (χ0n) is 21.0. The lowest BCUT2D eigenvalue weighted by atomic mass is 9.97. The van der Waals surface area contributed by atoms with Crippen LogP contribution in [0, 0.1) is 6.92 Å². The number of ether oxygens (including phenoxy) is 3. The molecule has 7 heteroatoms. The first-order valence-corrected chi connectivity index (χ1v) is 12.1. The Hall–Kier alpha value is -4.26. The van der Waals surface area contributed by atoms with Gasteiger partial charge in [-0.05, 0) is 67.3 Å². The first kappa shape index (κ1) is 24.9. The van der Waals surface area contributed by atoms with Crippen molar-refractivity contribution in [3.63, 3.8) is 0 Å². The van der Waals surface area contributed by atoms with Crippen molar-refractivity contribution >= 4 is 11.8 Å². The van der Waals surface area contributed by atoms with Crippen molar-refractivity contribution in [2.75, 3.05) is 24.7 Å². The summed E-state index contributed by atoms with van der Waals surface area (Å²) in [6, 6.07) is 20.3. The maximum absolute atomic E-state index is 6.09. The van der Waals surface area contributed by atoms with E-state index in [-0.39, 0.29) is 5.95 Å². The number of aryl methyl sites for hydroxylation is 1. The molecular weight excluding hydrogens is 452 g/mol. The van der Waals surface area contributed by atoms with E-state index in [2.05, 4.69) is 28.2 Å². The van der Waals surface area contributed by atoms with Crippen molar-refractivity contribution in [2.45, 2.75) is 33.8 Å². The summed E-state index contributed by atoms with van der Waals surface area (Å²) in [5.74, 6) is 2.85. The SMILES string of the molecule is CCOc1cc(Cc2cnc(N)nc2N)cc(OCC)c1-c1ccc(OCc2ccccc2)c(C)c1. The molecule has 0 saturated heterocycles. The largest absolute Gasteiger partial charge is 0.493 e. The fourth-order valence-corrected chi connectivity index (χ4v) is 4.06. The number of hydrogen-bond donors (Lipinski definition) is 2.